The van der Waals surface area contributed by atoms with Gasteiger partial charge in [-0.15, -0.1) is 0 Å². The highest BCUT2D eigenvalue weighted by atomic mass is 16.5. The monoisotopic (exact) mass is 476 g/mol. The van der Waals surface area contributed by atoms with Gasteiger partial charge in [0.1, 0.15) is 28.9 Å². The van der Waals surface area contributed by atoms with Gasteiger partial charge in [0.2, 0.25) is 0 Å². The van der Waals surface area contributed by atoms with Gasteiger partial charge in [0.25, 0.3) is 5.91 Å². The lowest BCUT2D eigenvalue weighted by Gasteiger charge is -2.30. The van der Waals surface area contributed by atoms with E-state index in [1.807, 2.05) is 39.0 Å². The maximum Gasteiger partial charge on any atom is 0.360 e. The lowest BCUT2D eigenvalue weighted by atomic mass is 10.0. The van der Waals surface area contributed by atoms with Crippen LogP contribution in [0.1, 0.15) is 48.2 Å². The molecular weight excluding hydrogens is 444 g/mol. The number of nitrogens with zero attached hydrogens (tertiary/aromatic N) is 1. The van der Waals surface area contributed by atoms with Crippen molar-refractivity contribution in [3.63, 3.8) is 0 Å². The van der Waals surface area contributed by atoms with Gasteiger partial charge in [-0.1, -0.05) is 11.6 Å². The normalized spacial score (nSPS) is 16.2. The molecule has 2 aromatic carbocycles. The number of amides is 1. The minimum absolute atomic E-state index is 0.0587. The Morgan fingerprint density at radius 3 is 2.80 bits per heavy atom. The van der Waals surface area contributed by atoms with Crippen LogP contribution in [0.15, 0.2) is 57.3 Å². The standard InChI is InChI=1S/C28H32N2O5/c1-17(2)7-8-19-14-21(9-11-24(19)31)27(32)29-23-15-20-10-12-25(18(3)26(20)35-28(23)33)34-22-6-5-13-30(4)16-22/h7,9-12,14-15,22,31H,5-6,8,13,16H2,1-4H3,(H,29,32). The molecule has 0 aliphatic carbocycles. The SMILES string of the molecule is CC(C)=CCc1cc(C(=O)Nc2cc3ccc(OC4CCCN(C)C4)c(C)c3oc2=O)ccc1O. The molecule has 2 N–H and O–H groups in total. The van der Waals surface area contributed by atoms with Crippen LogP contribution in [0, 0.1) is 6.92 Å². The number of phenols is 1. The summed E-state index contributed by atoms with van der Waals surface area (Å²) in [6.07, 6.45) is 4.66. The molecule has 0 spiro atoms. The first-order chi connectivity index (χ1) is 16.7. The van der Waals surface area contributed by atoms with Crippen LogP contribution in [0.2, 0.25) is 0 Å². The van der Waals surface area contributed by atoms with E-state index in [1.165, 1.54) is 12.1 Å². The van der Waals surface area contributed by atoms with Gasteiger partial charge in [-0.2, -0.15) is 0 Å². The highest BCUT2D eigenvalue weighted by Crippen LogP contribution is 2.30. The first kappa shape index (κ1) is 24.5. The summed E-state index contributed by atoms with van der Waals surface area (Å²) < 4.78 is 11.8. The van der Waals surface area contributed by atoms with Gasteiger partial charge in [0, 0.05) is 23.1 Å². The van der Waals surface area contributed by atoms with E-state index in [9.17, 15) is 14.7 Å². The van der Waals surface area contributed by atoms with E-state index in [2.05, 4.69) is 17.3 Å². The Bertz CT molecular complexity index is 1340. The van der Waals surface area contributed by atoms with Crippen molar-refractivity contribution in [1.29, 1.82) is 0 Å². The summed E-state index contributed by atoms with van der Waals surface area (Å²) in [6, 6.07) is 9.98. The molecule has 7 nitrogen and oxygen atoms in total. The molecule has 0 saturated carbocycles. The third kappa shape index (κ3) is 5.74. The largest absolute Gasteiger partial charge is 0.508 e. The quantitative estimate of drug-likeness (QED) is 0.383. The van der Waals surface area contributed by atoms with E-state index in [0.717, 1.165) is 37.1 Å². The van der Waals surface area contributed by atoms with Crippen molar-refractivity contribution in [2.24, 2.45) is 0 Å². The van der Waals surface area contributed by atoms with Crippen molar-refractivity contribution in [2.75, 3.05) is 25.5 Å². The number of carbonyl (C=O) groups excluding carboxylic acids is 1. The molecule has 1 atom stereocenters. The number of hydrogen-bond donors (Lipinski definition) is 2. The summed E-state index contributed by atoms with van der Waals surface area (Å²) in [5.41, 5.74) is 2.73. The van der Waals surface area contributed by atoms with Crippen LogP contribution >= 0.6 is 0 Å². The highest BCUT2D eigenvalue weighted by molar-refractivity contribution is 6.05. The zero-order valence-electron chi connectivity index (χ0n) is 20.7. The van der Waals surface area contributed by atoms with Crippen molar-refractivity contribution in [3.05, 3.63) is 75.2 Å². The molecule has 35 heavy (non-hydrogen) atoms. The third-order valence-corrected chi connectivity index (χ3v) is 6.30. The van der Waals surface area contributed by atoms with Gasteiger partial charge in [0.05, 0.1) is 0 Å². The van der Waals surface area contributed by atoms with Gasteiger partial charge < -0.3 is 24.5 Å². The number of likely N-dealkylation sites (N-methyl/N-ethyl adjacent to an activating group) is 1. The van der Waals surface area contributed by atoms with E-state index in [0.29, 0.717) is 34.3 Å². The van der Waals surface area contributed by atoms with Crippen molar-refractivity contribution in [2.45, 2.75) is 46.1 Å². The van der Waals surface area contributed by atoms with Gasteiger partial charge in [-0.3, -0.25) is 4.79 Å². The first-order valence-corrected chi connectivity index (χ1v) is 11.9. The first-order valence-electron chi connectivity index (χ1n) is 11.9. The Hall–Kier alpha value is -3.58. The van der Waals surface area contributed by atoms with Crippen LogP contribution < -0.4 is 15.7 Å². The zero-order chi connectivity index (χ0) is 25.1. The summed E-state index contributed by atoms with van der Waals surface area (Å²) in [7, 11) is 2.08. The molecule has 3 aromatic rings. The Morgan fingerprint density at radius 1 is 1.26 bits per heavy atom. The maximum absolute atomic E-state index is 12.9. The van der Waals surface area contributed by atoms with Crippen molar-refractivity contribution < 1.29 is 19.1 Å². The molecule has 184 valence electrons. The second-order valence-electron chi connectivity index (χ2n) is 9.48. The number of phenolic OH excluding ortho intramolecular Hbond substituents is 1. The smallest absolute Gasteiger partial charge is 0.360 e. The number of likely N-dealkylation sites (tertiary alicyclic amines) is 1. The predicted molar refractivity (Wildman–Crippen MR) is 138 cm³/mol. The van der Waals surface area contributed by atoms with E-state index in [4.69, 9.17) is 9.15 Å². The summed E-state index contributed by atoms with van der Waals surface area (Å²) in [4.78, 5) is 27.8. The van der Waals surface area contributed by atoms with Crippen LogP contribution in [-0.2, 0) is 6.42 Å². The Balaban J connectivity index is 1.56. The average molecular weight is 477 g/mol. The summed E-state index contributed by atoms with van der Waals surface area (Å²) in [5, 5.41) is 13.5. The fourth-order valence-electron chi connectivity index (χ4n) is 4.31. The lowest BCUT2D eigenvalue weighted by Crippen LogP contribution is -2.38. The molecule has 0 radical (unpaired) electrons. The number of benzene rings is 2. The number of aromatic hydroxyl groups is 1. The van der Waals surface area contributed by atoms with Crippen LogP contribution in [0.3, 0.4) is 0 Å². The van der Waals surface area contributed by atoms with Crippen LogP contribution in [0.25, 0.3) is 11.0 Å². The number of ether oxygens (including phenoxy) is 1. The lowest BCUT2D eigenvalue weighted by molar-refractivity contribution is 0.102. The molecule has 0 bridgehead atoms. The second kappa shape index (κ2) is 10.4. The Labute approximate surface area is 205 Å². The second-order valence-corrected chi connectivity index (χ2v) is 9.48. The molecule has 1 amide bonds. The number of carbonyl (C=O) groups is 1. The average Bonchev–Trinajstić information content (AvgIpc) is 2.81. The minimum atomic E-state index is -0.632. The number of rotatable bonds is 6. The summed E-state index contributed by atoms with van der Waals surface area (Å²) in [6.45, 7) is 7.74. The zero-order valence-corrected chi connectivity index (χ0v) is 20.7. The number of piperidine rings is 1. The molecule has 1 fully saturated rings. The van der Waals surface area contributed by atoms with E-state index >= 15 is 0 Å². The molecule has 7 heteroatoms. The molecule has 1 aromatic heterocycles. The predicted octanol–water partition coefficient (Wildman–Crippen LogP) is 5.04. The number of nitrogens with one attached hydrogen (secondary N) is 1. The third-order valence-electron chi connectivity index (χ3n) is 6.30. The van der Waals surface area contributed by atoms with E-state index in [-0.39, 0.29) is 17.5 Å². The van der Waals surface area contributed by atoms with E-state index in [1.54, 1.807) is 12.1 Å². The van der Waals surface area contributed by atoms with Gasteiger partial charge in [-0.05, 0) is 95.6 Å². The van der Waals surface area contributed by atoms with Crippen LogP contribution in [0.5, 0.6) is 11.5 Å². The molecule has 1 aliphatic heterocycles. The van der Waals surface area contributed by atoms with Crippen molar-refractivity contribution in [1.82, 2.24) is 4.90 Å². The molecule has 1 aliphatic rings. The number of hydrogen-bond acceptors (Lipinski definition) is 6. The van der Waals surface area contributed by atoms with E-state index < -0.39 is 11.5 Å². The van der Waals surface area contributed by atoms with Gasteiger partial charge in [0.15, 0.2) is 0 Å². The summed E-state index contributed by atoms with van der Waals surface area (Å²) in [5.74, 6) is 0.372. The number of anilines is 1. The number of allylic oxidation sites excluding steroid dienone is 2. The van der Waals surface area contributed by atoms with Gasteiger partial charge in [-0.25, -0.2) is 4.79 Å². The number of aryl methyl sites for hydroxylation is 1. The Kier molecular flexibility index (Phi) is 7.26. The molecular formula is C28H32N2O5. The molecule has 2 heterocycles. The topological polar surface area (TPSA) is 92.0 Å². The van der Waals surface area contributed by atoms with Crippen LogP contribution in [0.4, 0.5) is 5.69 Å². The number of fused-ring (bicyclic) bond motifs is 1. The maximum atomic E-state index is 12.9. The fraction of sp³-hybridized carbons (Fsp3) is 0.357. The van der Waals surface area contributed by atoms with Gasteiger partial charge >= 0.3 is 5.63 Å². The molecule has 1 saturated heterocycles. The molecule has 1 unspecified atom stereocenters. The minimum Gasteiger partial charge on any atom is -0.508 e. The summed E-state index contributed by atoms with van der Waals surface area (Å²) >= 11 is 0. The van der Waals surface area contributed by atoms with Crippen molar-refractivity contribution in [3.8, 4) is 11.5 Å². The Morgan fingerprint density at radius 2 is 2.06 bits per heavy atom. The fourth-order valence-corrected chi connectivity index (χ4v) is 4.31. The highest BCUT2D eigenvalue weighted by Gasteiger charge is 2.21. The van der Waals surface area contributed by atoms with Crippen LogP contribution in [-0.4, -0.2) is 42.2 Å². The molecule has 4 rings (SSSR count). The van der Waals surface area contributed by atoms with Crippen molar-refractivity contribution >= 4 is 22.6 Å².